The fourth-order valence-electron chi connectivity index (χ4n) is 3.76. The van der Waals surface area contributed by atoms with Crippen LogP contribution in [0.4, 0.5) is 11.5 Å². The largest absolute Gasteiger partial charge is 0.496 e. The van der Waals surface area contributed by atoms with Crippen LogP contribution in [-0.4, -0.2) is 36.2 Å². The van der Waals surface area contributed by atoms with Gasteiger partial charge in [0, 0.05) is 6.54 Å². The first kappa shape index (κ1) is 19.7. The molecule has 0 amide bonds. The maximum atomic E-state index is 9.10. The zero-order valence-electron chi connectivity index (χ0n) is 16.8. The summed E-state index contributed by atoms with van der Waals surface area (Å²) in [6.45, 7) is 1.52. The Labute approximate surface area is 176 Å². The summed E-state index contributed by atoms with van der Waals surface area (Å²) in [5.74, 6) is 1.56. The van der Waals surface area contributed by atoms with Crippen molar-refractivity contribution >= 4 is 11.5 Å². The molecule has 0 saturated heterocycles. The van der Waals surface area contributed by atoms with E-state index >= 15 is 0 Å². The van der Waals surface area contributed by atoms with E-state index in [1.165, 1.54) is 5.56 Å². The van der Waals surface area contributed by atoms with Crippen molar-refractivity contribution in [2.45, 2.75) is 18.5 Å². The highest BCUT2D eigenvalue weighted by atomic mass is 16.5. The van der Waals surface area contributed by atoms with Crippen molar-refractivity contribution in [3.05, 3.63) is 77.7 Å². The van der Waals surface area contributed by atoms with Gasteiger partial charge in [-0.3, -0.25) is 0 Å². The molecule has 1 aromatic heterocycles. The minimum absolute atomic E-state index is 0.0891. The topological polar surface area (TPSA) is 94.9 Å². The van der Waals surface area contributed by atoms with Crippen molar-refractivity contribution in [3.63, 3.8) is 0 Å². The molecule has 1 aliphatic rings. The lowest BCUT2D eigenvalue weighted by Gasteiger charge is -2.34. The fraction of sp³-hybridized carbons (Fsp3) is 0.261. The summed E-state index contributed by atoms with van der Waals surface area (Å²) in [6.07, 6.45) is 4.13. The van der Waals surface area contributed by atoms with Crippen LogP contribution in [0, 0.1) is 11.3 Å². The zero-order chi connectivity index (χ0) is 20.8. The van der Waals surface area contributed by atoms with Gasteiger partial charge in [-0.25, -0.2) is 9.97 Å². The van der Waals surface area contributed by atoms with Crippen molar-refractivity contribution in [2.75, 3.05) is 30.8 Å². The first-order valence-corrected chi connectivity index (χ1v) is 9.94. The van der Waals surface area contributed by atoms with Crippen molar-refractivity contribution in [1.29, 1.82) is 5.26 Å². The molecule has 0 aliphatic carbocycles. The highest BCUT2D eigenvalue weighted by molar-refractivity contribution is 5.65. The lowest BCUT2D eigenvalue weighted by molar-refractivity contribution is 0.407. The number of aromatic nitrogens is 2. The maximum absolute atomic E-state index is 9.10. The monoisotopic (exact) mass is 400 g/mol. The first-order chi connectivity index (χ1) is 14.8. The second-order valence-corrected chi connectivity index (χ2v) is 7.15. The summed E-state index contributed by atoms with van der Waals surface area (Å²) in [5.41, 5.74) is 3.80. The summed E-state index contributed by atoms with van der Waals surface area (Å²) in [6, 6.07) is 18.4. The minimum Gasteiger partial charge on any atom is -0.496 e. The van der Waals surface area contributed by atoms with Gasteiger partial charge >= 0.3 is 0 Å². The molecule has 0 radical (unpaired) electrons. The number of hydrogen-bond acceptors (Lipinski definition) is 7. The minimum atomic E-state index is 0.0891. The van der Waals surface area contributed by atoms with Crippen molar-refractivity contribution < 1.29 is 4.74 Å². The van der Waals surface area contributed by atoms with E-state index < -0.39 is 0 Å². The van der Waals surface area contributed by atoms with Crippen LogP contribution in [0.2, 0.25) is 0 Å². The SMILES string of the molecule is COc1cc(C#N)ccc1CCN[C@H](c1ccccc1)[C@H]1CNc2cncnc2N1. The number of benzene rings is 2. The number of hydrogen-bond donors (Lipinski definition) is 3. The predicted molar refractivity (Wildman–Crippen MR) is 117 cm³/mol. The molecule has 0 bridgehead atoms. The number of ether oxygens (including phenoxy) is 1. The predicted octanol–water partition coefficient (Wildman–Crippen LogP) is 3.14. The molecule has 1 aliphatic heterocycles. The Bertz CT molecular complexity index is 1030. The van der Waals surface area contributed by atoms with Crippen molar-refractivity contribution in [3.8, 4) is 11.8 Å². The van der Waals surface area contributed by atoms with E-state index in [1.807, 2.05) is 18.2 Å². The van der Waals surface area contributed by atoms with Gasteiger partial charge < -0.3 is 20.7 Å². The van der Waals surface area contributed by atoms with Crippen LogP contribution in [0.15, 0.2) is 61.1 Å². The first-order valence-electron chi connectivity index (χ1n) is 9.94. The molecule has 30 heavy (non-hydrogen) atoms. The Kier molecular flexibility index (Phi) is 6.06. The number of nitrogens with one attached hydrogen (secondary N) is 3. The number of nitrogens with zero attached hydrogens (tertiary/aromatic N) is 3. The molecular weight excluding hydrogens is 376 g/mol. The highest BCUT2D eigenvalue weighted by Gasteiger charge is 2.27. The summed E-state index contributed by atoms with van der Waals surface area (Å²) >= 11 is 0. The summed E-state index contributed by atoms with van der Waals surface area (Å²) in [5, 5.41) is 19.8. The molecule has 7 nitrogen and oxygen atoms in total. The number of anilines is 2. The number of nitriles is 1. The Morgan fingerprint density at radius 2 is 2.13 bits per heavy atom. The van der Waals surface area contributed by atoms with Crippen LogP contribution in [0.25, 0.3) is 0 Å². The molecule has 4 rings (SSSR count). The van der Waals surface area contributed by atoms with Crippen LogP contribution < -0.4 is 20.7 Å². The maximum Gasteiger partial charge on any atom is 0.153 e. The summed E-state index contributed by atoms with van der Waals surface area (Å²) in [4.78, 5) is 8.43. The molecule has 2 heterocycles. The normalized spacial score (nSPS) is 15.8. The molecule has 0 saturated carbocycles. The molecule has 3 aromatic rings. The number of fused-ring (bicyclic) bond motifs is 1. The lowest BCUT2D eigenvalue weighted by Crippen LogP contribution is -2.44. The average Bonchev–Trinajstić information content (AvgIpc) is 2.82. The second-order valence-electron chi connectivity index (χ2n) is 7.15. The van der Waals surface area contributed by atoms with Gasteiger partial charge in [-0.15, -0.1) is 0 Å². The van der Waals surface area contributed by atoms with E-state index in [9.17, 15) is 0 Å². The van der Waals surface area contributed by atoms with Gasteiger partial charge in [-0.1, -0.05) is 36.4 Å². The van der Waals surface area contributed by atoms with E-state index in [-0.39, 0.29) is 12.1 Å². The fourth-order valence-corrected chi connectivity index (χ4v) is 3.76. The Morgan fingerprint density at radius 1 is 1.27 bits per heavy atom. The Balaban J connectivity index is 1.49. The smallest absolute Gasteiger partial charge is 0.153 e. The lowest BCUT2D eigenvalue weighted by atomic mass is 9.97. The van der Waals surface area contributed by atoms with E-state index in [4.69, 9.17) is 10.00 Å². The molecule has 152 valence electrons. The van der Waals surface area contributed by atoms with E-state index in [1.54, 1.807) is 25.7 Å². The molecule has 0 spiro atoms. The van der Waals surface area contributed by atoms with Gasteiger partial charge in [0.1, 0.15) is 12.1 Å². The zero-order valence-corrected chi connectivity index (χ0v) is 16.8. The number of methoxy groups -OCH3 is 1. The molecule has 0 unspecified atom stereocenters. The van der Waals surface area contributed by atoms with Crippen LogP contribution in [-0.2, 0) is 6.42 Å². The Morgan fingerprint density at radius 3 is 2.93 bits per heavy atom. The third kappa shape index (κ3) is 4.34. The molecule has 2 aromatic carbocycles. The quantitative estimate of drug-likeness (QED) is 0.561. The van der Waals surface area contributed by atoms with Crippen molar-refractivity contribution in [1.82, 2.24) is 15.3 Å². The van der Waals surface area contributed by atoms with E-state index in [2.05, 4.69) is 56.3 Å². The second kappa shape index (κ2) is 9.25. The summed E-state index contributed by atoms with van der Waals surface area (Å²) in [7, 11) is 1.64. The number of rotatable bonds is 7. The molecule has 2 atom stereocenters. The van der Waals surface area contributed by atoms with Gasteiger partial charge in [0.05, 0.1) is 42.7 Å². The van der Waals surface area contributed by atoms with Crippen LogP contribution in [0.5, 0.6) is 5.75 Å². The summed E-state index contributed by atoms with van der Waals surface area (Å²) < 4.78 is 5.47. The van der Waals surface area contributed by atoms with Gasteiger partial charge in [0.25, 0.3) is 0 Å². The third-order valence-electron chi connectivity index (χ3n) is 5.28. The van der Waals surface area contributed by atoms with Crippen LogP contribution in [0.1, 0.15) is 22.7 Å². The van der Waals surface area contributed by atoms with Crippen LogP contribution >= 0.6 is 0 Å². The van der Waals surface area contributed by atoms with Gasteiger partial charge in [-0.05, 0) is 36.2 Å². The van der Waals surface area contributed by atoms with Gasteiger partial charge in [0.15, 0.2) is 5.82 Å². The third-order valence-corrected chi connectivity index (χ3v) is 5.28. The van der Waals surface area contributed by atoms with Crippen LogP contribution in [0.3, 0.4) is 0 Å². The Hall–Kier alpha value is -3.63. The van der Waals surface area contributed by atoms with Gasteiger partial charge in [0.2, 0.25) is 0 Å². The molecular formula is C23H24N6O. The average molecular weight is 400 g/mol. The van der Waals surface area contributed by atoms with E-state index in [0.29, 0.717) is 5.56 Å². The standard InChI is InChI=1S/C23H24N6O/c1-30-21-11-16(12-24)7-8-17(21)9-10-26-22(18-5-3-2-4-6-18)19-14-27-20-13-25-15-28-23(20)29-19/h2-8,11,13,15,19,22,26-27H,9-10,14H2,1H3,(H,25,28,29)/t19-,22-/m1/s1. The van der Waals surface area contributed by atoms with E-state index in [0.717, 1.165) is 42.3 Å². The van der Waals surface area contributed by atoms with Gasteiger partial charge in [-0.2, -0.15) is 5.26 Å². The van der Waals surface area contributed by atoms with Crippen molar-refractivity contribution in [2.24, 2.45) is 0 Å². The molecule has 7 heteroatoms. The molecule has 3 N–H and O–H groups in total. The highest BCUT2D eigenvalue weighted by Crippen LogP contribution is 2.28. The molecule has 0 fully saturated rings.